The zero-order chi connectivity index (χ0) is 10.7. The average Bonchev–Trinajstić information content (AvgIpc) is 2.16. The Hall–Kier alpha value is -1.20. The zero-order valence-electron chi connectivity index (χ0n) is 7.18. The number of rotatable bonds is 3. The van der Waals surface area contributed by atoms with E-state index in [1.54, 1.807) is 6.07 Å². The lowest BCUT2D eigenvalue weighted by Crippen LogP contribution is -1.99. The SMILES string of the molecule is C=CC(O)c1cc(Br)ccc1[N+](=O)[O-]. The summed E-state index contributed by atoms with van der Waals surface area (Å²) >= 11 is 3.17. The van der Waals surface area contributed by atoms with Crippen LogP contribution in [-0.4, -0.2) is 10.0 Å². The lowest BCUT2D eigenvalue weighted by atomic mass is 10.1. The predicted molar refractivity (Wildman–Crippen MR) is 56.0 cm³/mol. The van der Waals surface area contributed by atoms with Crippen molar-refractivity contribution in [2.45, 2.75) is 6.10 Å². The van der Waals surface area contributed by atoms with Crippen LogP contribution in [0.15, 0.2) is 35.3 Å². The Morgan fingerprint density at radius 2 is 2.29 bits per heavy atom. The summed E-state index contributed by atoms with van der Waals surface area (Å²) in [5, 5.41) is 20.0. The van der Waals surface area contributed by atoms with Crippen molar-refractivity contribution in [3.8, 4) is 0 Å². The first-order valence-electron chi connectivity index (χ1n) is 3.80. The minimum Gasteiger partial charge on any atom is -0.384 e. The van der Waals surface area contributed by atoms with Gasteiger partial charge in [-0.2, -0.15) is 0 Å². The van der Waals surface area contributed by atoms with Gasteiger partial charge in [-0.1, -0.05) is 22.0 Å². The van der Waals surface area contributed by atoms with E-state index in [-0.39, 0.29) is 11.3 Å². The van der Waals surface area contributed by atoms with Gasteiger partial charge in [0.25, 0.3) is 5.69 Å². The second-order valence-corrected chi connectivity index (χ2v) is 3.56. The molecule has 5 heteroatoms. The number of aliphatic hydroxyl groups is 1. The molecule has 0 saturated heterocycles. The van der Waals surface area contributed by atoms with Gasteiger partial charge in [-0.05, 0) is 12.1 Å². The second-order valence-electron chi connectivity index (χ2n) is 2.64. The van der Waals surface area contributed by atoms with Gasteiger partial charge in [0.2, 0.25) is 0 Å². The lowest BCUT2D eigenvalue weighted by molar-refractivity contribution is -0.386. The minimum atomic E-state index is -1.02. The Labute approximate surface area is 89.2 Å². The molecule has 0 radical (unpaired) electrons. The molecule has 1 unspecified atom stereocenters. The maximum Gasteiger partial charge on any atom is 0.275 e. The summed E-state index contributed by atoms with van der Waals surface area (Å²) in [6.07, 6.45) is 0.224. The summed E-state index contributed by atoms with van der Waals surface area (Å²) < 4.78 is 0.680. The first kappa shape index (κ1) is 10.9. The molecule has 0 amide bonds. The van der Waals surface area contributed by atoms with Crippen molar-refractivity contribution >= 4 is 21.6 Å². The summed E-state index contributed by atoms with van der Waals surface area (Å²) in [5.74, 6) is 0. The molecular formula is C9H8BrNO3. The monoisotopic (exact) mass is 257 g/mol. The van der Waals surface area contributed by atoms with Crippen LogP contribution in [0.2, 0.25) is 0 Å². The van der Waals surface area contributed by atoms with E-state index in [9.17, 15) is 15.2 Å². The van der Waals surface area contributed by atoms with Crippen molar-refractivity contribution in [3.05, 3.63) is 51.0 Å². The lowest BCUT2D eigenvalue weighted by Gasteiger charge is -2.06. The number of nitro benzene ring substituents is 1. The molecule has 1 rings (SSSR count). The van der Waals surface area contributed by atoms with Crippen LogP contribution in [0, 0.1) is 10.1 Å². The van der Waals surface area contributed by atoms with E-state index in [0.717, 1.165) is 0 Å². The molecule has 74 valence electrons. The van der Waals surface area contributed by atoms with E-state index in [1.165, 1.54) is 18.2 Å². The van der Waals surface area contributed by atoms with Gasteiger partial charge < -0.3 is 5.11 Å². The van der Waals surface area contributed by atoms with Gasteiger partial charge >= 0.3 is 0 Å². The Balaban J connectivity index is 3.29. The third-order valence-corrected chi connectivity index (χ3v) is 2.22. The van der Waals surface area contributed by atoms with Crippen LogP contribution in [0.5, 0.6) is 0 Å². The maximum atomic E-state index is 10.6. The van der Waals surface area contributed by atoms with E-state index in [2.05, 4.69) is 22.5 Å². The first-order chi connectivity index (χ1) is 6.56. The largest absolute Gasteiger partial charge is 0.384 e. The van der Waals surface area contributed by atoms with E-state index >= 15 is 0 Å². The second kappa shape index (κ2) is 4.34. The molecule has 1 atom stereocenters. The van der Waals surface area contributed by atoms with Crippen LogP contribution in [0.3, 0.4) is 0 Å². The average molecular weight is 258 g/mol. The number of hydrogen-bond acceptors (Lipinski definition) is 3. The van der Waals surface area contributed by atoms with Crippen molar-refractivity contribution in [3.63, 3.8) is 0 Å². The highest BCUT2D eigenvalue weighted by molar-refractivity contribution is 9.10. The zero-order valence-corrected chi connectivity index (χ0v) is 8.77. The van der Waals surface area contributed by atoms with Crippen molar-refractivity contribution in [1.82, 2.24) is 0 Å². The first-order valence-corrected chi connectivity index (χ1v) is 4.60. The van der Waals surface area contributed by atoms with Gasteiger partial charge in [0.05, 0.1) is 10.5 Å². The highest BCUT2D eigenvalue weighted by Gasteiger charge is 2.18. The van der Waals surface area contributed by atoms with Gasteiger partial charge in [-0.3, -0.25) is 10.1 Å². The summed E-state index contributed by atoms with van der Waals surface area (Å²) in [6, 6.07) is 4.40. The Kier molecular flexibility index (Phi) is 3.38. The summed E-state index contributed by atoms with van der Waals surface area (Å²) in [5.41, 5.74) is 0.125. The molecule has 0 spiro atoms. The Bertz CT molecular complexity index is 378. The molecule has 0 saturated carbocycles. The molecule has 14 heavy (non-hydrogen) atoms. The Morgan fingerprint density at radius 3 is 2.79 bits per heavy atom. The number of aliphatic hydroxyl groups excluding tert-OH is 1. The number of halogens is 1. The highest BCUT2D eigenvalue weighted by Crippen LogP contribution is 2.28. The van der Waals surface area contributed by atoms with Crippen LogP contribution in [0.25, 0.3) is 0 Å². The third kappa shape index (κ3) is 2.18. The molecule has 0 bridgehead atoms. The van der Waals surface area contributed by atoms with Gasteiger partial charge in [-0.25, -0.2) is 0 Å². The highest BCUT2D eigenvalue weighted by atomic mass is 79.9. The van der Waals surface area contributed by atoms with Gasteiger partial charge in [0.15, 0.2) is 0 Å². The molecule has 0 heterocycles. The molecule has 0 aliphatic rings. The number of nitrogens with zero attached hydrogens (tertiary/aromatic N) is 1. The normalized spacial score (nSPS) is 12.1. The molecule has 0 fully saturated rings. The fourth-order valence-corrected chi connectivity index (χ4v) is 1.43. The van der Waals surface area contributed by atoms with Crippen molar-refractivity contribution < 1.29 is 10.0 Å². The van der Waals surface area contributed by atoms with Gasteiger partial charge in [0.1, 0.15) is 6.10 Å². The maximum absolute atomic E-state index is 10.6. The van der Waals surface area contributed by atoms with Crippen LogP contribution < -0.4 is 0 Å². The van der Waals surface area contributed by atoms with E-state index in [4.69, 9.17) is 0 Å². The van der Waals surface area contributed by atoms with Gasteiger partial charge in [-0.15, -0.1) is 6.58 Å². The number of nitro groups is 1. The van der Waals surface area contributed by atoms with E-state index in [0.29, 0.717) is 4.47 Å². The van der Waals surface area contributed by atoms with Crippen molar-refractivity contribution in [2.24, 2.45) is 0 Å². The smallest absolute Gasteiger partial charge is 0.275 e. The summed E-state index contributed by atoms with van der Waals surface area (Å²) in [6.45, 7) is 3.38. The van der Waals surface area contributed by atoms with Crippen LogP contribution >= 0.6 is 15.9 Å². The predicted octanol–water partition coefficient (Wildman–Crippen LogP) is 2.58. The molecule has 1 aromatic carbocycles. The van der Waals surface area contributed by atoms with Crippen molar-refractivity contribution in [1.29, 1.82) is 0 Å². The van der Waals surface area contributed by atoms with E-state index in [1.807, 2.05) is 0 Å². The molecular weight excluding hydrogens is 250 g/mol. The minimum absolute atomic E-state index is 0.111. The van der Waals surface area contributed by atoms with Crippen LogP contribution in [0.4, 0.5) is 5.69 Å². The summed E-state index contributed by atoms with van der Waals surface area (Å²) in [4.78, 5) is 10.1. The molecule has 0 aliphatic heterocycles. The fourth-order valence-electron chi connectivity index (χ4n) is 1.06. The van der Waals surface area contributed by atoms with Crippen LogP contribution in [-0.2, 0) is 0 Å². The molecule has 1 N–H and O–H groups in total. The number of hydrogen-bond donors (Lipinski definition) is 1. The molecule has 4 nitrogen and oxygen atoms in total. The molecule has 0 aliphatic carbocycles. The van der Waals surface area contributed by atoms with Gasteiger partial charge in [0, 0.05) is 10.5 Å². The van der Waals surface area contributed by atoms with Crippen molar-refractivity contribution in [2.75, 3.05) is 0 Å². The number of benzene rings is 1. The topological polar surface area (TPSA) is 63.4 Å². The molecule has 1 aromatic rings. The molecule has 0 aromatic heterocycles. The fraction of sp³-hybridized carbons (Fsp3) is 0.111. The Morgan fingerprint density at radius 1 is 1.64 bits per heavy atom. The van der Waals surface area contributed by atoms with E-state index < -0.39 is 11.0 Å². The summed E-state index contributed by atoms with van der Waals surface area (Å²) in [7, 11) is 0. The third-order valence-electron chi connectivity index (χ3n) is 1.73. The quantitative estimate of drug-likeness (QED) is 0.514. The van der Waals surface area contributed by atoms with Crippen LogP contribution in [0.1, 0.15) is 11.7 Å². The standard InChI is InChI=1S/C9H8BrNO3/c1-2-9(12)7-5-6(10)3-4-8(7)11(13)14/h2-5,9,12H,1H2.